The van der Waals surface area contributed by atoms with E-state index in [0.29, 0.717) is 11.0 Å². The van der Waals surface area contributed by atoms with E-state index in [1.165, 1.54) is 12.8 Å². The Bertz CT molecular complexity index is 449. The van der Waals surface area contributed by atoms with Crippen LogP contribution in [0.4, 0.5) is 0 Å². The van der Waals surface area contributed by atoms with Gasteiger partial charge in [0.25, 0.3) is 0 Å². The smallest absolute Gasteiger partial charge is 0.125 e. The van der Waals surface area contributed by atoms with Crippen molar-refractivity contribution >= 4 is 15.9 Å². The first-order valence-corrected chi connectivity index (χ1v) is 6.92. The zero-order chi connectivity index (χ0) is 12.5. The molecule has 0 amide bonds. The second-order valence-corrected chi connectivity index (χ2v) is 5.53. The quantitative estimate of drug-likeness (QED) is 0.793. The van der Waals surface area contributed by atoms with Gasteiger partial charge in [-0.1, -0.05) is 15.9 Å². The maximum Gasteiger partial charge on any atom is 0.125 e. The number of alkyl halides is 1. The molecule has 0 aliphatic heterocycles. The van der Waals surface area contributed by atoms with Gasteiger partial charge in [-0.3, -0.25) is 0 Å². The molecule has 1 aromatic carbocycles. The summed E-state index contributed by atoms with van der Waals surface area (Å²) in [5.74, 6) is 0.941. The molecule has 3 heteroatoms. The molecule has 0 spiro atoms. The lowest BCUT2D eigenvalue weighted by atomic mass is 10.1. The fourth-order valence-corrected chi connectivity index (χ4v) is 2.68. The van der Waals surface area contributed by atoms with Crippen LogP contribution < -0.4 is 4.74 Å². The number of aryl methyl sites for hydroxylation is 2. The van der Waals surface area contributed by atoms with Crippen molar-refractivity contribution in [2.24, 2.45) is 5.41 Å². The van der Waals surface area contributed by atoms with Crippen LogP contribution in [0.2, 0.25) is 0 Å². The molecule has 0 N–H and O–H groups in total. The Morgan fingerprint density at radius 2 is 1.94 bits per heavy atom. The Kier molecular flexibility index (Phi) is 3.44. The minimum atomic E-state index is 0.354. The Labute approximate surface area is 111 Å². The molecule has 0 atom stereocenters. The van der Waals surface area contributed by atoms with Gasteiger partial charge in [0, 0.05) is 10.7 Å². The van der Waals surface area contributed by atoms with E-state index in [2.05, 4.69) is 22.0 Å². The maximum atomic E-state index is 8.89. The largest absolute Gasteiger partial charge is 0.492 e. The predicted molar refractivity (Wildman–Crippen MR) is 71.6 cm³/mol. The summed E-state index contributed by atoms with van der Waals surface area (Å²) in [6, 6.07) is 5.94. The molecule has 1 aliphatic carbocycles. The molecule has 0 saturated heterocycles. The van der Waals surface area contributed by atoms with E-state index in [4.69, 9.17) is 10.00 Å². The minimum Gasteiger partial charge on any atom is -0.492 e. The summed E-state index contributed by atoms with van der Waals surface area (Å²) in [5, 5.41) is 9.90. The molecule has 17 heavy (non-hydrogen) atoms. The van der Waals surface area contributed by atoms with Crippen LogP contribution in [0.3, 0.4) is 0 Å². The van der Waals surface area contributed by atoms with Crippen molar-refractivity contribution in [1.29, 1.82) is 5.26 Å². The maximum absolute atomic E-state index is 8.89. The lowest BCUT2D eigenvalue weighted by Crippen LogP contribution is -2.15. The number of nitrogens with zero attached hydrogens (tertiary/aromatic N) is 1. The molecular formula is C14H16BrNO. The molecule has 1 aliphatic rings. The third-order valence-corrected chi connectivity index (χ3v) is 4.54. The SMILES string of the molecule is Cc1cc(C#N)cc(C)c1OCC1(CBr)CC1. The van der Waals surface area contributed by atoms with Crippen LogP contribution >= 0.6 is 15.9 Å². The van der Waals surface area contributed by atoms with E-state index in [9.17, 15) is 0 Å². The average molecular weight is 294 g/mol. The van der Waals surface area contributed by atoms with Crippen LogP contribution in [-0.4, -0.2) is 11.9 Å². The van der Waals surface area contributed by atoms with Gasteiger partial charge in [-0.05, 0) is 49.9 Å². The molecule has 1 aromatic rings. The number of ether oxygens (including phenoxy) is 1. The van der Waals surface area contributed by atoms with Gasteiger partial charge in [0.2, 0.25) is 0 Å². The first kappa shape index (κ1) is 12.4. The zero-order valence-corrected chi connectivity index (χ0v) is 11.8. The van der Waals surface area contributed by atoms with E-state index < -0.39 is 0 Å². The van der Waals surface area contributed by atoms with Crippen molar-refractivity contribution in [3.8, 4) is 11.8 Å². The Balaban J connectivity index is 2.14. The molecule has 0 aromatic heterocycles. The van der Waals surface area contributed by atoms with E-state index in [0.717, 1.165) is 28.8 Å². The number of hydrogen-bond acceptors (Lipinski definition) is 2. The second-order valence-electron chi connectivity index (χ2n) is 4.97. The first-order chi connectivity index (χ1) is 8.10. The molecule has 90 valence electrons. The number of hydrogen-bond donors (Lipinski definition) is 0. The highest BCUT2D eigenvalue weighted by Gasteiger charge is 2.42. The molecule has 1 fully saturated rings. The van der Waals surface area contributed by atoms with Crippen molar-refractivity contribution < 1.29 is 4.74 Å². The van der Waals surface area contributed by atoms with Crippen molar-refractivity contribution in [3.05, 3.63) is 28.8 Å². The summed E-state index contributed by atoms with van der Waals surface area (Å²) in [7, 11) is 0. The van der Waals surface area contributed by atoms with Crippen molar-refractivity contribution in [2.75, 3.05) is 11.9 Å². The lowest BCUT2D eigenvalue weighted by molar-refractivity contribution is 0.248. The zero-order valence-electron chi connectivity index (χ0n) is 10.2. The minimum absolute atomic E-state index is 0.354. The lowest BCUT2D eigenvalue weighted by Gasteiger charge is -2.17. The van der Waals surface area contributed by atoms with Crippen LogP contribution in [0.15, 0.2) is 12.1 Å². The van der Waals surface area contributed by atoms with Gasteiger partial charge in [0.05, 0.1) is 18.2 Å². The Hall–Kier alpha value is -1.01. The van der Waals surface area contributed by atoms with Gasteiger partial charge < -0.3 is 4.74 Å². The van der Waals surface area contributed by atoms with Crippen LogP contribution in [0.25, 0.3) is 0 Å². The molecule has 0 bridgehead atoms. The monoisotopic (exact) mass is 293 g/mol. The van der Waals surface area contributed by atoms with Gasteiger partial charge in [-0.15, -0.1) is 0 Å². The highest BCUT2D eigenvalue weighted by Crippen LogP contribution is 2.47. The molecule has 1 saturated carbocycles. The molecule has 2 rings (SSSR count). The predicted octanol–water partition coefficient (Wildman–Crippen LogP) is 3.73. The van der Waals surface area contributed by atoms with E-state index in [1.807, 2.05) is 26.0 Å². The Morgan fingerprint density at radius 3 is 2.35 bits per heavy atom. The van der Waals surface area contributed by atoms with Crippen molar-refractivity contribution in [2.45, 2.75) is 26.7 Å². The average Bonchev–Trinajstić information content (AvgIpc) is 3.08. The standard InChI is InChI=1S/C14H16BrNO/c1-10-5-12(7-16)6-11(2)13(10)17-9-14(8-15)3-4-14/h5-6H,3-4,8-9H2,1-2H3. The molecule has 0 radical (unpaired) electrons. The fraction of sp³-hybridized carbons (Fsp3) is 0.500. The van der Waals surface area contributed by atoms with Crippen LogP contribution in [-0.2, 0) is 0 Å². The van der Waals surface area contributed by atoms with Crippen LogP contribution in [0, 0.1) is 30.6 Å². The third kappa shape index (κ3) is 2.63. The molecule has 0 unspecified atom stereocenters. The first-order valence-electron chi connectivity index (χ1n) is 5.80. The van der Waals surface area contributed by atoms with Gasteiger partial charge >= 0.3 is 0 Å². The highest BCUT2D eigenvalue weighted by molar-refractivity contribution is 9.09. The summed E-state index contributed by atoms with van der Waals surface area (Å²) in [4.78, 5) is 0. The fourth-order valence-electron chi connectivity index (χ4n) is 1.96. The number of halogens is 1. The number of rotatable bonds is 4. The summed E-state index contributed by atoms with van der Waals surface area (Å²) in [6.07, 6.45) is 2.49. The molecular weight excluding hydrogens is 278 g/mol. The van der Waals surface area contributed by atoms with Gasteiger partial charge in [-0.2, -0.15) is 5.26 Å². The van der Waals surface area contributed by atoms with Crippen LogP contribution in [0.1, 0.15) is 29.5 Å². The normalized spacial score (nSPS) is 16.4. The highest BCUT2D eigenvalue weighted by atomic mass is 79.9. The van der Waals surface area contributed by atoms with Crippen molar-refractivity contribution in [3.63, 3.8) is 0 Å². The van der Waals surface area contributed by atoms with Crippen molar-refractivity contribution in [1.82, 2.24) is 0 Å². The second kappa shape index (κ2) is 4.70. The topological polar surface area (TPSA) is 33.0 Å². The summed E-state index contributed by atoms with van der Waals surface area (Å²) in [6.45, 7) is 4.76. The summed E-state index contributed by atoms with van der Waals surface area (Å²) in [5.41, 5.74) is 3.15. The van der Waals surface area contributed by atoms with E-state index in [-0.39, 0.29) is 0 Å². The van der Waals surface area contributed by atoms with Crippen LogP contribution in [0.5, 0.6) is 5.75 Å². The summed E-state index contributed by atoms with van der Waals surface area (Å²) < 4.78 is 5.95. The van der Waals surface area contributed by atoms with Gasteiger partial charge in [0.15, 0.2) is 0 Å². The molecule has 2 nitrogen and oxygen atoms in total. The molecule has 0 heterocycles. The number of benzene rings is 1. The van der Waals surface area contributed by atoms with E-state index in [1.54, 1.807) is 0 Å². The van der Waals surface area contributed by atoms with Gasteiger partial charge in [-0.25, -0.2) is 0 Å². The summed E-state index contributed by atoms with van der Waals surface area (Å²) >= 11 is 3.54. The number of nitriles is 1. The van der Waals surface area contributed by atoms with E-state index >= 15 is 0 Å². The van der Waals surface area contributed by atoms with Gasteiger partial charge in [0.1, 0.15) is 5.75 Å². The Morgan fingerprint density at radius 1 is 1.35 bits per heavy atom. The third-order valence-electron chi connectivity index (χ3n) is 3.35.